The van der Waals surface area contributed by atoms with E-state index in [1.54, 1.807) is 0 Å². The molecule has 0 amide bonds. The standard InChI is InChI=1S/C20H16N4/c1-11-14(9-21)19-12-5-3-4-6-16(12)22-20(19)13-7-8-17-15(18(11)13)10-24(2)23-17/h3-6,10,22H,7-8H2,1-2H3. The maximum atomic E-state index is 9.86. The van der Waals surface area contributed by atoms with E-state index in [4.69, 9.17) is 0 Å². The fourth-order valence-electron chi connectivity index (χ4n) is 4.22. The van der Waals surface area contributed by atoms with Gasteiger partial charge in [-0.3, -0.25) is 4.68 Å². The largest absolute Gasteiger partial charge is 0.354 e. The monoisotopic (exact) mass is 312 g/mol. The van der Waals surface area contributed by atoms with Crippen molar-refractivity contribution in [2.45, 2.75) is 19.8 Å². The van der Waals surface area contributed by atoms with E-state index in [0.717, 1.165) is 51.5 Å². The summed E-state index contributed by atoms with van der Waals surface area (Å²) >= 11 is 0. The molecular formula is C20H16N4. The predicted molar refractivity (Wildman–Crippen MR) is 94.9 cm³/mol. The lowest BCUT2D eigenvalue weighted by Gasteiger charge is -2.20. The van der Waals surface area contributed by atoms with E-state index in [1.807, 2.05) is 23.9 Å². The number of aromatic amines is 1. The number of hydrogen-bond acceptors (Lipinski definition) is 2. The van der Waals surface area contributed by atoms with Crippen molar-refractivity contribution in [2.24, 2.45) is 7.05 Å². The third-order valence-electron chi connectivity index (χ3n) is 5.21. The molecule has 2 aromatic carbocycles. The lowest BCUT2D eigenvalue weighted by atomic mass is 9.83. The molecule has 0 radical (unpaired) electrons. The van der Waals surface area contributed by atoms with Gasteiger partial charge in [0.05, 0.1) is 16.8 Å². The van der Waals surface area contributed by atoms with E-state index in [9.17, 15) is 5.26 Å². The van der Waals surface area contributed by atoms with Crippen molar-refractivity contribution in [3.63, 3.8) is 0 Å². The van der Waals surface area contributed by atoms with Gasteiger partial charge in [0.2, 0.25) is 0 Å². The molecular weight excluding hydrogens is 296 g/mol. The van der Waals surface area contributed by atoms with Gasteiger partial charge in [-0.2, -0.15) is 10.4 Å². The summed E-state index contributed by atoms with van der Waals surface area (Å²) in [5, 5.41) is 16.7. The summed E-state index contributed by atoms with van der Waals surface area (Å²) in [6.07, 6.45) is 3.98. The second kappa shape index (κ2) is 4.48. The molecule has 0 saturated carbocycles. The van der Waals surface area contributed by atoms with Crippen LogP contribution < -0.4 is 0 Å². The van der Waals surface area contributed by atoms with Gasteiger partial charge in [-0.05, 0) is 42.5 Å². The number of benzene rings is 2. The molecule has 2 heterocycles. The second-order valence-electron chi connectivity index (χ2n) is 6.55. The number of fused-ring (bicyclic) bond motifs is 7. The number of para-hydroxylation sites is 1. The Morgan fingerprint density at radius 2 is 2.08 bits per heavy atom. The zero-order valence-corrected chi connectivity index (χ0v) is 13.6. The molecule has 1 aliphatic carbocycles. The van der Waals surface area contributed by atoms with Crippen LogP contribution in [0.5, 0.6) is 0 Å². The van der Waals surface area contributed by atoms with Gasteiger partial charge in [-0.1, -0.05) is 18.2 Å². The maximum absolute atomic E-state index is 9.86. The van der Waals surface area contributed by atoms with Crippen LogP contribution in [0.3, 0.4) is 0 Å². The Morgan fingerprint density at radius 1 is 1.25 bits per heavy atom. The molecule has 0 atom stereocenters. The molecule has 1 N–H and O–H groups in total. The lowest BCUT2D eigenvalue weighted by molar-refractivity contribution is 0.737. The van der Waals surface area contributed by atoms with Gasteiger partial charge in [0, 0.05) is 35.1 Å². The Labute approximate surface area is 139 Å². The van der Waals surface area contributed by atoms with E-state index in [0.29, 0.717) is 0 Å². The molecule has 4 heteroatoms. The molecule has 0 unspecified atom stereocenters. The maximum Gasteiger partial charge on any atom is 0.100 e. The van der Waals surface area contributed by atoms with Crippen LogP contribution in [0.1, 0.15) is 22.4 Å². The first-order valence-corrected chi connectivity index (χ1v) is 8.18. The molecule has 2 aromatic heterocycles. The Balaban J connectivity index is 2.03. The molecule has 0 spiro atoms. The number of hydrogen-bond donors (Lipinski definition) is 1. The summed E-state index contributed by atoms with van der Waals surface area (Å²) in [5.74, 6) is 0. The first-order chi connectivity index (χ1) is 11.7. The molecule has 116 valence electrons. The highest BCUT2D eigenvalue weighted by molar-refractivity contribution is 6.13. The molecule has 0 fully saturated rings. The number of aromatic nitrogens is 3. The zero-order chi connectivity index (χ0) is 16.4. The number of H-pyrrole nitrogens is 1. The van der Waals surface area contributed by atoms with Gasteiger partial charge >= 0.3 is 0 Å². The molecule has 0 saturated heterocycles. The number of nitriles is 1. The average molecular weight is 312 g/mol. The Bertz CT molecular complexity index is 1180. The van der Waals surface area contributed by atoms with Crippen molar-refractivity contribution >= 4 is 21.8 Å². The van der Waals surface area contributed by atoms with Crippen molar-refractivity contribution in [1.29, 1.82) is 5.26 Å². The number of aryl methyl sites for hydroxylation is 3. The van der Waals surface area contributed by atoms with E-state index in [1.165, 1.54) is 16.7 Å². The summed E-state index contributed by atoms with van der Waals surface area (Å²) in [6.45, 7) is 2.07. The number of rotatable bonds is 0. The van der Waals surface area contributed by atoms with Crippen molar-refractivity contribution in [2.75, 3.05) is 0 Å². The van der Waals surface area contributed by atoms with Gasteiger partial charge < -0.3 is 4.98 Å². The highest BCUT2D eigenvalue weighted by Crippen LogP contribution is 2.43. The minimum atomic E-state index is 0.776. The SMILES string of the molecule is Cc1c2c(c3[nH]c4ccccc4c3c1C#N)CCc1nn(C)cc1-2. The van der Waals surface area contributed by atoms with Gasteiger partial charge in [0.1, 0.15) is 6.07 Å². The summed E-state index contributed by atoms with van der Waals surface area (Å²) < 4.78 is 1.88. The van der Waals surface area contributed by atoms with Crippen LogP contribution in [-0.4, -0.2) is 14.8 Å². The number of nitrogens with one attached hydrogen (secondary N) is 1. The molecule has 5 rings (SSSR count). The first kappa shape index (κ1) is 13.4. The Morgan fingerprint density at radius 3 is 2.92 bits per heavy atom. The van der Waals surface area contributed by atoms with Gasteiger partial charge in [0.25, 0.3) is 0 Å². The highest BCUT2D eigenvalue weighted by Gasteiger charge is 2.27. The topological polar surface area (TPSA) is 57.4 Å². The van der Waals surface area contributed by atoms with E-state index in [2.05, 4.69) is 41.4 Å². The average Bonchev–Trinajstić information content (AvgIpc) is 3.14. The minimum absolute atomic E-state index is 0.776. The van der Waals surface area contributed by atoms with Crippen LogP contribution in [0.25, 0.3) is 32.9 Å². The van der Waals surface area contributed by atoms with Crippen LogP contribution in [-0.2, 0) is 19.9 Å². The summed E-state index contributed by atoms with van der Waals surface area (Å²) in [5.41, 5.74) is 8.87. The van der Waals surface area contributed by atoms with Gasteiger partial charge in [-0.15, -0.1) is 0 Å². The molecule has 0 aliphatic heterocycles. The van der Waals surface area contributed by atoms with E-state index in [-0.39, 0.29) is 0 Å². The third-order valence-corrected chi connectivity index (χ3v) is 5.21. The normalized spacial score (nSPS) is 13.0. The van der Waals surface area contributed by atoms with Crippen LogP contribution in [0.2, 0.25) is 0 Å². The molecule has 24 heavy (non-hydrogen) atoms. The van der Waals surface area contributed by atoms with E-state index >= 15 is 0 Å². The lowest BCUT2D eigenvalue weighted by Crippen LogP contribution is -2.07. The summed E-state index contributed by atoms with van der Waals surface area (Å²) in [4.78, 5) is 3.57. The minimum Gasteiger partial charge on any atom is -0.354 e. The Hall–Kier alpha value is -3.06. The predicted octanol–water partition coefficient (Wildman–Crippen LogP) is 4.00. The quantitative estimate of drug-likeness (QED) is 0.533. The van der Waals surface area contributed by atoms with Crippen molar-refractivity contribution in [3.8, 4) is 17.2 Å². The fourth-order valence-corrected chi connectivity index (χ4v) is 4.22. The van der Waals surface area contributed by atoms with Crippen LogP contribution in [0, 0.1) is 18.3 Å². The van der Waals surface area contributed by atoms with Crippen LogP contribution in [0.15, 0.2) is 30.5 Å². The first-order valence-electron chi connectivity index (χ1n) is 8.18. The van der Waals surface area contributed by atoms with Gasteiger partial charge in [0.15, 0.2) is 0 Å². The van der Waals surface area contributed by atoms with Crippen molar-refractivity contribution < 1.29 is 0 Å². The molecule has 4 aromatic rings. The Kier molecular flexibility index (Phi) is 2.50. The van der Waals surface area contributed by atoms with Crippen LogP contribution in [0.4, 0.5) is 0 Å². The molecule has 4 nitrogen and oxygen atoms in total. The van der Waals surface area contributed by atoms with Gasteiger partial charge in [-0.25, -0.2) is 0 Å². The number of nitrogens with zero attached hydrogens (tertiary/aromatic N) is 3. The van der Waals surface area contributed by atoms with Crippen molar-refractivity contribution in [3.05, 3.63) is 52.8 Å². The second-order valence-corrected chi connectivity index (χ2v) is 6.55. The summed E-state index contributed by atoms with van der Waals surface area (Å²) in [7, 11) is 1.96. The molecule has 1 aliphatic rings. The smallest absolute Gasteiger partial charge is 0.100 e. The fraction of sp³-hybridized carbons (Fsp3) is 0.200. The van der Waals surface area contributed by atoms with Crippen molar-refractivity contribution in [1.82, 2.24) is 14.8 Å². The highest BCUT2D eigenvalue weighted by atomic mass is 15.3. The van der Waals surface area contributed by atoms with Crippen LogP contribution >= 0.6 is 0 Å². The molecule has 0 bridgehead atoms. The zero-order valence-electron chi connectivity index (χ0n) is 13.6. The third kappa shape index (κ3) is 1.54. The summed E-state index contributed by atoms with van der Waals surface area (Å²) in [6, 6.07) is 10.7. The van der Waals surface area contributed by atoms with E-state index < -0.39 is 0 Å².